The number of carbonyl (C=O) groups excluding carboxylic acids is 1. The topological polar surface area (TPSA) is 96.2 Å². The first-order valence-electron chi connectivity index (χ1n) is 6.35. The largest absolute Gasteiger partial charge is 0.355 e. The number of likely N-dealkylation sites (N-methyl/N-ethyl adjacent to an activating group) is 2. The second-order valence-corrected chi connectivity index (χ2v) is 4.24. The second kappa shape index (κ2) is 6.89. The van der Waals surface area contributed by atoms with E-state index in [0.717, 1.165) is 5.56 Å². The molecule has 106 valence electrons. The van der Waals surface area contributed by atoms with Crippen LogP contribution in [0.3, 0.4) is 0 Å². The van der Waals surface area contributed by atoms with Crippen molar-refractivity contribution >= 4 is 17.5 Å². The molecule has 7 heteroatoms. The van der Waals surface area contributed by atoms with Crippen molar-refractivity contribution in [2.24, 2.45) is 5.84 Å². The monoisotopic (exact) mass is 266 g/mol. The number of nitrogens with one attached hydrogen (secondary N) is 2. The minimum absolute atomic E-state index is 0.0386. The summed E-state index contributed by atoms with van der Waals surface area (Å²) in [6.07, 6.45) is 0.705. The molecule has 0 atom stereocenters. The molecule has 0 radical (unpaired) electrons. The lowest BCUT2D eigenvalue weighted by Crippen LogP contribution is -2.36. The molecule has 0 aliphatic carbocycles. The van der Waals surface area contributed by atoms with Crippen molar-refractivity contribution in [1.82, 2.24) is 15.3 Å². The van der Waals surface area contributed by atoms with Gasteiger partial charge in [0.15, 0.2) is 0 Å². The Morgan fingerprint density at radius 2 is 2.05 bits per heavy atom. The quantitative estimate of drug-likeness (QED) is 0.503. The molecule has 4 N–H and O–H groups in total. The van der Waals surface area contributed by atoms with Gasteiger partial charge in [0.1, 0.15) is 17.5 Å². The van der Waals surface area contributed by atoms with Crippen molar-refractivity contribution in [2.45, 2.75) is 27.2 Å². The Labute approximate surface area is 113 Å². The molecule has 0 aromatic carbocycles. The Balaban J connectivity index is 3.00. The van der Waals surface area contributed by atoms with Gasteiger partial charge < -0.3 is 15.6 Å². The average molecular weight is 266 g/mol. The maximum absolute atomic E-state index is 11.6. The third-order valence-electron chi connectivity index (χ3n) is 2.74. The molecule has 1 amide bonds. The van der Waals surface area contributed by atoms with Crippen LogP contribution in [0.15, 0.2) is 0 Å². The molecule has 1 rings (SSSR count). The second-order valence-electron chi connectivity index (χ2n) is 4.24. The minimum Gasteiger partial charge on any atom is -0.355 e. The molecular formula is C12H22N6O. The summed E-state index contributed by atoms with van der Waals surface area (Å²) in [5.74, 6) is 7.41. The van der Waals surface area contributed by atoms with Crippen LogP contribution in [-0.4, -0.2) is 36.0 Å². The Hall–Kier alpha value is -1.89. The SMILES string of the molecule is CCNC(=O)CN(C)c1nc(CC)nc(NN)c1C. The van der Waals surface area contributed by atoms with E-state index < -0.39 is 0 Å². The summed E-state index contributed by atoms with van der Waals surface area (Å²) in [7, 11) is 1.82. The molecule has 7 nitrogen and oxygen atoms in total. The van der Waals surface area contributed by atoms with Gasteiger partial charge in [0.25, 0.3) is 0 Å². The van der Waals surface area contributed by atoms with Crippen molar-refractivity contribution in [3.8, 4) is 0 Å². The third kappa shape index (κ3) is 3.78. The van der Waals surface area contributed by atoms with Crippen LogP contribution in [-0.2, 0) is 11.2 Å². The highest BCUT2D eigenvalue weighted by Crippen LogP contribution is 2.22. The fraction of sp³-hybridized carbons (Fsp3) is 0.583. The number of nitrogen functional groups attached to an aromatic ring is 1. The summed E-state index contributed by atoms with van der Waals surface area (Å²) >= 11 is 0. The van der Waals surface area contributed by atoms with Gasteiger partial charge in [-0.15, -0.1) is 0 Å². The number of hydrogen-bond donors (Lipinski definition) is 3. The van der Waals surface area contributed by atoms with Crippen LogP contribution in [0.25, 0.3) is 0 Å². The van der Waals surface area contributed by atoms with Crippen molar-refractivity contribution in [3.05, 3.63) is 11.4 Å². The van der Waals surface area contributed by atoms with Crippen LogP contribution >= 0.6 is 0 Å². The minimum atomic E-state index is -0.0386. The van der Waals surface area contributed by atoms with Gasteiger partial charge in [0.2, 0.25) is 5.91 Å². The van der Waals surface area contributed by atoms with E-state index in [4.69, 9.17) is 5.84 Å². The van der Waals surface area contributed by atoms with Crippen molar-refractivity contribution in [3.63, 3.8) is 0 Å². The molecule has 19 heavy (non-hydrogen) atoms. The normalized spacial score (nSPS) is 10.2. The van der Waals surface area contributed by atoms with Crippen LogP contribution in [0.5, 0.6) is 0 Å². The molecule has 0 unspecified atom stereocenters. The van der Waals surface area contributed by atoms with Crippen LogP contribution < -0.4 is 21.5 Å². The molecule has 0 saturated heterocycles. The van der Waals surface area contributed by atoms with E-state index in [1.807, 2.05) is 27.8 Å². The number of aromatic nitrogens is 2. The predicted octanol–water partition coefficient (Wildman–Crippen LogP) is 0.205. The maximum atomic E-state index is 11.6. The molecular weight excluding hydrogens is 244 g/mol. The zero-order valence-corrected chi connectivity index (χ0v) is 11.9. The number of nitrogens with zero attached hydrogens (tertiary/aromatic N) is 3. The van der Waals surface area contributed by atoms with Gasteiger partial charge in [-0.2, -0.15) is 0 Å². The van der Waals surface area contributed by atoms with Gasteiger partial charge in [0, 0.05) is 25.6 Å². The highest BCUT2D eigenvalue weighted by atomic mass is 16.2. The number of hydrazine groups is 1. The zero-order chi connectivity index (χ0) is 14.4. The van der Waals surface area contributed by atoms with Crippen LogP contribution in [0.2, 0.25) is 0 Å². The van der Waals surface area contributed by atoms with E-state index in [2.05, 4.69) is 20.7 Å². The molecule has 1 aromatic rings. The molecule has 0 aliphatic rings. The number of aryl methyl sites for hydroxylation is 1. The predicted molar refractivity (Wildman–Crippen MR) is 75.9 cm³/mol. The third-order valence-corrected chi connectivity index (χ3v) is 2.74. The number of anilines is 2. The van der Waals surface area contributed by atoms with E-state index in [1.54, 1.807) is 4.90 Å². The standard InChI is InChI=1S/C12H22N6O/c1-5-9-15-11(17-13)8(3)12(16-9)18(4)7-10(19)14-6-2/h5-7,13H2,1-4H3,(H,14,19)(H,15,16,17). The lowest BCUT2D eigenvalue weighted by molar-refractivity contribution is -0.119. The first-order valence-corrected chi connectivity index (χ1v) is 6.35. The Morgan fingerprint density at radius 1 is 1.37 bits per heavy atom. The summed E-state index contributed by atoms with van der Waals surface area (Å²) < 4.78 is 0. The molecule has 0 bridgehead atoms. The van der Waals surface area contributed by atoms with Crippen LogP contribution in [0.4, 0.5) is 11.6 Å². The van der Waals surface area contributed by atoms with E-state index in [9.17, 15) is 4.79 Å². The van der Waals surface area contributed by atoms with Gasteiger partial charge in [-0.05, 0) is 13.8 Å². The van der Waals surface area contributed by atoms with Crippen molar-refractivity contribution in [2.75, 3.05) is 30.5 Å². The molecule has 0 saturated carbocycles. The molecule has 1 heterocycles. The van der Waals surface area contributed by atoms with Crippen LogP contribution in [0, 0.1) is 6.92 Å². The summed E-state index contributed by atoms with van der Waals surface area (Å²) in [5, 5.41) is 2.76. The highest BCUT2D eigenvalue weighted by molar-refractivity contribution is 5.81. The van der Waals surface area contributed by atoms with Gasteiger partial charge >= 0.3 is 0 Å². The van der Waals surface area contributed by atoms with E-state index in [0.29, 0.717) is 30.4 Å². The van der Waals surface area contributed by atoms with E-state index >= 15 is 0 Å². The Kier molecular flexibility index (Phi) is 5.50. The Morgan fingerprint density at radius 3 is 2.58 bits per heavy atom. The van der Waals surface area contributed by atoms with E-state index in [1.165, 1.54) is 0 Å². The van der Waals surface area contributed by atoms with Crippen molar-refractivity contribution in [1.29, 1.82) is 0 Å². The Bertz CT molecular complexity index is 448. The maximum Gasteiger partial charge on any atom is 0.239 e. The van der Waals surface area contributed by atoms with Gasteiger partial charge in [0.05, 0.1) is 6.54 Å². The molecule has 0 fully saturated rings. The first-order chi connectivity index (χ1) is 9.03. The first kappa shape index (κ1) is 15.2. The zero-order valence-electron chi connectivity index (χ0n) is 11.9. The number of amides is 1. The summed E-state index contributed by atoms with van der Waals surface area (Å²) in [4.78, 5) is 22.1. The molecule has 1 aromatic heterocycles. The molecule has 0 spiro atoms. The lowest BCUT2D eigenvalue weighted by atomic mass is 10.2. The smallest absolute Gasteiger partial charge is 0.239 e. The highest BCUT2D eigenvalue weighted by Gasteiger charge is 2.15. The van der Waals surface area contributed by atoms with Crippen LogP contribution in [0.1, 0.15) is 25.2 Å². The summed E-state index contributed by atoms with van der Waals surface area (Å²) in [6.45, 7) is 6.60. The summed E-state index contributed by atoms with van der Waals surface area (Å²) in [6, 6.07) is 0. The van der Waals surface area contributed by atoms with Crippen molar-refractivity contribution < 1.29 is 4.79 Å². The summed E-state index contributed by atoms with van der Waals surface area (Å²) in [5.41, 5.74) is 3.39. The van der Waals surface area contributed by atoms with Gasteiger partial charge in [-0.1, -0.05) is 6.92 Å². The number of nitrogens with two attached hydrogens (primary N) is 1. The van der Waals surface area contributed by atoms with Gasteiger partial charge in [-0.25, -0.2) is 15.8 Å². The fourth-order valence-corrected chi connectivity index (χ4v) is 1.76. The fourth-order valence-electron chi connectivity index (χ4n) is 1.76. The number of carbonyl (C=O) groups is 1. The molecule has 0 aliphatic heterocycles. The lowest BCUT2D eigenvalue weighted by Gasteiger charge is -2.21. The average Bonchev–Trinajstić information content (AvgIpc) is 2.39. The number of hydrogen-bond acceptors (Lipinski definition) is 6. The van der Waals surface area contributed by atoms with Gasteiger partial charge in [-0.3, -0.25) is 4.79 Å². The number of rotatable bonds is 6. The van der Waals surface area contributed by atoms with E-state index in [-0.39, 0.29) is 12.5 Å².